The van der Waals surface area contributed by atoms with Crippen molar-refractivity contribution in [2.45, 2.75) is 58.4 Å². The van der Waals surface area contributed by atoms with E-state index in [4.69, 9.17) is 4.74 Å². The molecular formula is C18H31N3O4. The normalized spacial score (nSPS) is 19.3. The highest BCUT2D eigenvalue weighted by Gasteiger charge is 2.31. The second-order valence-electron chi connectivity index (χ2n) is 6.86. The van der Waals surface area contributed by atoms with Gasteiger partial charge in [0.2, 0.25) is 11.8 Å². The van der Waals surface area contributed by atoms with E-state index in [1.807, 2.05) is 4.90 Å². The molecule has 0 aliphatic carbocycles. The third-order valence-electron chi connectivity index (χ3n) is 5.10. The first-order valence-corrected chi connectivity index (χ1v) is 9.49. The minimum atomic E-state index is -0.295. The molecule has 25 heavy (non-hydrogen) atoms. The number of piperidine rings is 1. The van der Waals surface area contributed by atoms with Crippen molar-refractivity contribution in [2.75, 3.05) is 39.3 Å². The minimum absolute atomic E-state index is 0.0131. The summed E-state index contributed by atoms with van der Waals surface area (Å²) in [7, 11) is 0. The molecule has 2 aliphatic rings. The lowest BCUT2D eigenvalue weighted by atomic mass is 10.0. The quantitative estimate of drug-likeness (QED) is 0.773. The molecule has 2 aliphatic heterocycles. The summed E-state index contributed by atoms with van der Waals surface area (Å²) in [6, 6.07) is 0.0131. The van der Waals surface area contributed by atoms with Crippen LogP contribution in [0.2, 0.25) is 0 Å². The molecule has 2 heterocycles. The van der Waals surface area contributed by atoms with Crippen molar-refractivity contribution in [1.82, 2.24) is 14.7 Å². The first kappa shape index (κ1) is 19.5. The summed E-state index contributed by atoms with van der Waals surface area (Å²) in [6.07, 6.45) is 5.51. The van der Waals surface area contributed by atoms with E-state index in [0.717, 1.165) is 25.9 Å². The van der Waals surface area contributed by atoms with Gasteiger partial charge >= 0.3 is 6.09 Å². The lowest BCUT2D eigenvalue weighted by Gasteiger charge is -2.38. The Morgan fingerprint density at radius 1 is 0.960 bits per heavy atom. The summed E-state index contributed by atoms with van der Waals surface area (Å²) in [6.45, 7) is 6.54. The molecule has 3 amide bonds. The monoisotopic (exact) mass is 353 g/mol. The van der Waals surface area contributed by atoms with Crippen molar-refractivity contribution in [1.29, 1.82) is 0 Å². The Kier molecular flexibility index (Phi) is 7.52. The highest BCUT2D eigenvalue weighted by Crippen LogP contribution is 2.18. The maximum Gasteiger partial charge on any atom is 0.409 e. The first-order chi connectivity index (χ1) is 12.0. The minimum Gasteiger partial charge on any atom is -0.450 e. The van der Waals surface area contributed by atoms with Gasteiger partial charge in [-0.15, -0.1) is 0 Å². The van der Waals surface area contributed by atoms with Crippen LogP contribution < -0.4 is 0 Å². The molecule has 0 spiro atoms. The van der Waals surface area contributed by atoms with Gasteiger partial charge in [-0.1, -0.05) is 12.8 Å². The summed E-state index contributed by atoms with van der Waals surface area (Å²) in [5, 5.41) is 0. The van der Waals surface area contributed by atoms with Gasteiger partial charge in [0, 0.05) is 39.1 Å². The third-order valence-corrected chi connectivity index (χ3v) is 5.10. The largest absolute Gasteiger partial charge is 0.450 e. The second-order valence-corrected chi connectivity index (χ2v) is 6.86. The zero-order valence-corrected chi connectivity index (χ0v) is 15.5. The Labute approximate surface area is 150 Å². The van der Waals surface area contributed by atoms with E-state index < -0.39 is 0 Å². The highest BCUT2D eigenvalue weighted by molar-refractivity contribution is 5.84. The molecule has 0 saturated carbocycles. The number of ether oxygens (including phenoxy) is 1. The van der Waals surface area contributed by atoms with Crippen molar-refractivity contribution >= 4 is 17.9 Å². The van der Waals surface area contributed by atoms with E-state index in [2.05, 4.69) is 0 Å². The van der Waals surface area contributed by atoms with Crippen LogP contribution in [0.25, 0.3) is 0 Å². The van der Waals surface area contributed by atoms with Gasteiger partial charge in [-0.2, -0.15) is 0 Å². The third kappa shape index (κ3) is 5.61. The highest BCUT2D eigenvalue weighted by atomic mass is 16.6. The second kappa shape index (κ2) is 9.63. The first-order valence-electron chi connectivity index (χ1n) is 9.49. The molecule has 2 fully saturated rings. The number of nitrogens with zero attached hydrogens (tertiary/aromatic N) is 3. The van der Waals surface area contributed by atoms with Crippen LogP contribution >= 0.6 is 0 Å². The fraction of sp³-hybridized carbons (Fsp3) is 0.833. The van der Waals surface area contributed by atoms with Crippen LogP contribution in [-0.4, -0.2) is 78.0 Å². The number of carbonyl (C=O) groups excluding carboxylic acids is 3. The Morgan fingerprint density at radius 3 is 2.08 bits per heavy atom. The van der Waals surface area contributed by atoms with E-state index in [1.165, 1.54) is 19.8 Å². The van der Waals surface area contributed by atoms with Crippen LogP contribution in [0, 0.1) is 0 Å². The zero-order chi connectivity index (χ0) is 18.2. The van der Waals surface area contributed by atoms with E-state index in [-0.39, 0.29) is 30.5 Å². The number of hydrogen-bond acceptors (Lipinski definition) is 4. The molecule has 0 aromatic carbocycles. The van der Waals surface area contributed by atoms with E-state index >= 15 is 0 Å². The molecular weight excluding hydrogens is 322 g/mol. The van der Waals surface area contributed by atoms with Gasteiger partial charge in [0.15, 0.2) is 0 Å². The summed E-state index contributed by atoms with van der Waals surface area (Å²) in [5.74, 6) is -0.0253. The maximum atomic E-state index is 12.6. The average molecular weight is 353 g/mol. The molecule has 0 bridgehead atoms. The van der Waals surface area contributed by atoms with Gasteiger partial charge < -0.3 is 19.4 Å². The van der Waals surface area contributed by atoms with Gasteiger partial charge in [0.1, 0.15) is 0 Å². The molecule has 0 atom stereocenters. The molecule has 142 valence electrons. The van der Waals surface area contributed by atoms with Crippen molar-refractivity contribution in [3.8, 4) is 0 Å². The number of amides is 3. The summed E-state index contributed by atoms with van der Waals surface area (Å²) < 4.78 is 5.03. The standard InChI is InChI=1S/C18H31N3O4/c1-3-25-18(24)20-12-8-16(9-13-20)21(15(2)22)14-17(23)19-10-6-4-5-7-11-19/h16H,3-14H2,1-2H3. The average Bonchev–Trinajstić information content (AvgIpc) is 2.89. The number of hydrogen-bond donors (Lipinski definition) is 0. The van der Waals surface area contributed by atoms with Gasteiger partial charge in [-0.3, -0.25) is 9.59 Å². The van der Waals surface area contributed by atoms with Crippen molar-refractivity contribution < 1.29 is 19.1 Å². The molecule has 2 rings (SSSR count). The van der Waals surface area contributed by atoms with Crippen LogP contribution in [0.15, 0.2) is 0 Å². The van der Waals surface area contributed by atoms with Crippen LogP contribution in [0.5, 0.6) is 0 Å². The molecule has 0 unspecified atom stereocenters. The predicted molar refractivity (Wildman–Crippen MR) is 94.1 cm³/mol. The summed E-state index contributed by atoms with van der Waals surface area (Å²) >= 11 is 0. The lowest BCUT2D eigenvalue weighted by Crippen LogP contribution is -2.51. The van der Waals surface area contributed by atoms with Crippen molar-refractivity contribution in [2.24, 2.45) is 0 Å². The molecule has 7 nitrogen and oxygen atoms in total. The van der Waals surface area contributed by atoms with Gasteiger partial charge in [0.25, 0.3) is 0 Å². The van der Waals surface area contributed by atoms with Crippen LogP contribution in [-0.2, 0) is 14.3 Å². The molecule has 7 heteroatoms. The number of likely N-dealkylation sites (tertiary alicyclic amines) is 2. The van der Waals surface area contributed by atoms with Crippen molar-refractivity contribution in [3.05, 3.63) is 0 Å². The molecule has 0 radical (unpaired) electrons. The predicted octanol–water partition coefficient (Wildman–Crippen LogP) is 1.86. The topological polar surface area (TPSA) is 70.2 Å². The van der Waals surface area contributed by atoms with E-state index in [9.17, 15) is 14.4 Å². The van der Waals surface area contributed by atoms with Gasteiger partial charge in [0.05, 0.1) is 13.2 Å². The zero-order valence-electron chi connectivity index (χ0n) is 15.5. The molecule has 0 aromatic rings. The van der Waals surface area contributed by atoms with Gasteiger partial charge in [-0.25, -0.2) is 4.79 Å². The van der Waals surface area contributed by atoms with Gasteiger partial charge in [-0.05, 0) is 32.6 Å². The van der Waals surface area contributed by atoms with Crippen LogP contribution in [0.4, 0.5) is 4.79 Å². The van der Waals surface area contributed by atoms with E-state index in [0.29, 0.717) is 32.5 Å². The summed E-state index contributed by atoms with van der Waals surface area (Å²) in [5.41, 5.74) is 0. The summed E-state index contributed by atoms with van der Waals surface area (Å²) in [4.78, 5) is 41.8. The number of carbonyl (C=O) groups is 3. The number of rotatable bonds is 4. The Bertz CT molecular complexity index is 467. The SMILES string of the molecule is CCOC(=O)N1CCC(N(CC(=O)N2CCCCCC2)C(C)=O)CC1. The fourth-order valence-electron chi connectivity index (χ4n) is 3.64. The smallest absolute Gasteiger partial charge is 0.409 e. The maximum absolute atomic E-state index is 12.6. The Balaban J connectivity index is 1.89. The van der Waals surface area contributed by atoms with Crippen LogP contribution in [0.1, 0.15) is 52.4 Å². The molecule has 0 aromatic heterocycles. The Morgan fingerprint density at radius 2 is 1.56 bits per heavy atom. The molecule has 0 N–H and O–H groups in total. The van der Waals surface area contributed by atoms with Crippen LogP contribution in [0.3, 0.4) is 0 Å². The Hall–Kier alpha value is -1.79. The van der Waals surface area contributed by atoms with Crippen molar-refractivity contribution in [3.63, 3.8) is 0 Å². The molecule has 2 saturated heterocycles. The lowest BCUT2D eigenvalue weighted by molar-refractivity contribution is -0.142. The fourth-order valence-corrected chi connectivity index (χ4v) is 3.64. The van der Waals surface area contributed by atoms with E-state index in [1.54, 1.807) is 16.7 Å².